The van der Waals surface area contributed by atoms with Gasteiger partial charge in [-0.15, -0.1) is 0 Å². The van der Waals surface area contributed by atoms with Gasteiger partial charge in [-0.05, 0) is 30.1 Å². The first-order chi connectivity index (χ1) is 15.4. The predicted octanol–water partition coefficient (Wildman–Crippen LogP) is 5.14. The van der Waals surface area contributed by atoms with Gasteiger partial charge in [0, 0.05) is 45.3 Å². The Morgan fingerprint density at radius 2 is 2.09 bits per heavy atom. The molecule has 1 aliphatic heterocycles. The summed E-state index contributed by atoms with van der Waals surface area (Å²) in [4.78, 5) is 21.2. The molecule has 2 aromatic rings. The maximum atomic E-state index is 14.7. The molecule has 1 aliphatic rings. The van der Waals surface area contributed by atoms with E-state index < -0.39 is 31.7 Å². The second-order valence-electron chi connectivity index (χ2n) is 10.6. The number of hydrogen-bond donors (Lipinski definition) is 1. The highest BCUT2D eigenvalue weighted by molar-refractivity contribution is 6.76. The first-order valence-corrected chi connectivity index (χ1v) is 15.3. The quantitative estimate of drug-likeness (QED) is 0.291. The molecule has 3 rings (SSSR count). The molecule has 33 heavy (non-hydrogen) atoms. The molecule has 1 fully saturated rings. The van der Waals surface area contributed by atoms with Crippen LogP contribution in [-0.4, -0.2) is 71.2 Å². The minimum Gasteiger partial charge on any atom is -0.476 e. The first-order valence-electron chi connectivity index (χ1n) is 11.2. The summed E-state index contributed by atoms with van der Waals surface area (Å²) in [5, 5.41) is 10.1. The van der Waals surface area contributed by atoms with Crippen LogP contribution in [0.25, 0.3) is 11.0 Å². The Labute approximate surface area is 200 Å². The fraction of sp³-hybridized carbons (Fsp3) is 0.682. The minimum absolute atomic E-state index is 0.0513. The van der Waals surface area contributed by atoms with Crippen LogP contribution in [0.15, 0.2) is 12.3 Å². The standard InChI is InChI=1S/C22H34ClFN4O4Si/c1-22(2,16-12-27(21(29)30)9-7-17(16)24)13-32-19-15-6-8-28(18(15)25-20(23)26-19)14-31-10-11-33(3,4)5/h6,8,16-17H,7,9-14H2,1-5H3,(H,29,30)/t16-,17+/m1/s1. The Kier molecular flexibility index (Phi) is 7.90. The lowest BCUT2D eigenvalue weighted by Gasteiger charge is -2.42. The van der Waals surface area contributed by atoms with Gasteiger partial charge in [-0.2, -0.15) is 9.97 Å². The number of carbonyl (C=O) groups is 1. The fourth-order valence-electron chi connectivity index (χ4n) is 3.96. The number of aromatic nitrogens is 3. The molecule has 8 nitrogen and oxygen atoms in total. The number of carboxylic acid groups (broad SMARTS) is 1. The van der Waals surface area contributed by atoms with Gasteiger partial charge in [0.2, 0.25) is 11.2 Å². The Bertz CT molecular complexity index is 981. The van der Waals surface area contributed by atoms with Crippen LogP contribution in [0.3, 0.4) is 0 Å². The number of piperidine rings is 1. The summed E-state index contributed by atoms with van der Waals surface area (Å²) in [6.07, 6.45) is -0.0835. The van der Waals surface area contributed by atoms with Crippen molar-refractivity contribution < 1.29 is 23.8 Å². The van der Waals surface area contributed by atoms with Crippen LogP contribution in [0.2, 0.25) is 31.0 Å². The van der Waals surface area contributed by atoms with E-state index in [0.29, 0.717) is 30.3 Å². The van der Waals surface area contributed by atoms with Gasteiger partial charge in [0.25, 0.3) is 0 Å². The second kappa shape index (κ2) is 10.1. The summed E-state index contributed by atoms with van der Waals surface area (Å²) < 4.78 is 28.4. The largest absolute Gasteiger partial charge is 0.476 e. The molecule has 0 bridgehead atoms. The number of likely N-dealkylation sites (tertiary alicyclic amines) is 1. The van der Waals surface area contributed by atoms with Crippen molar-refractivity contribution >= 4 is 36.8 Å². The monoisotopic (exact) mass is 500 g/mol. The molecular formula is C22H34ClFN4O4Si. The molecule has 0 radical (unpaired) electrons. The number of halogens is 2. The highest BCUT2D eigenvalue weighted by Crippen LogP contribution is 2.37. The SMILES string of the molecule is CC(C)(COc1nc(Cl)nc2c1ccn2COCC[Si](C)(C)C)[C@@H]1CN(C(=O)O)CC[C@@H]1F. The maximum Gasteiger partial charge on any atom is 0.407 e. The second-order valence-corrected chi connectivity index (χ2v) is 16.5. The molecule has 2 aromatic heterocycles. The van der Waals surface area contributed by atoms with Crippen molar-refractivity contribution in [1.82, 2.24) is 19.4 Å². The lowest BCUT2D eigenvalue weighted by atomic mass is 9.74. The zero-order valence-corrected chi connectivity index (χ0v) is 21.7. The number of nitrogens with zero attached hydrogens (tertiary/aromatic N) is 4. The van der Waals surface area contributed by atoms with Gasteiger partial charge in [0.1, 0.15) is 12.9 Å². The van der Waals surface area contributed by atoms with Crippen molar-refractivity contribution in [2.75, 3.05) is 26.3 Å². The van der Waals surface area contributed by atoms with Crippen molar-refractivity contribution in [2.24, 2.45) is 11.3 Å². The molecule has 1 N–H and O–H groups in total. The van der Waals surface area contributed by atoms with E-state index in [-0.39, 0.29) is 31.4 Å². The van der Waals surface area contributed by atoms with Crippen LogP contribution < -0.4 is 4.74 Å². The summed E-state index contributed by atoms with van der Waals surface area (Å²) in [5.74, 6) is -0.167. The van der Waals surface area contributed by atoms with Crippen LogP contribution in [-0.2, 0) is 11.5 Å². The molecule has 0 aliphatic carbocycles. The van der Waals surface area contributed by atoms with Crippen molar-refractivity contribution in [2.45, 2.75) is 58.9 Å². The Hall–Kier alpha value is -1.91. The lowest BCUT2D eigenvalue weighted by Crippen LogP contribution is -2.50. The number of rotatable bonds is 9. The Balaban J connectivity index is 1.71. The smallest absolute Gasteiger partial charge is 0.407 e. The first kappa shape index (κ1) is 25.7. The Morgan fingerprint density at radius 1 is 1.36 bits per heavy atom. The molecule has 3 heterocycles. The van der Waals surface area contributed by atoms with Gasteiger partial charge in [-0.1, -0.05) is 33.5 Å². The van der Waals surface area contributed by atoms with Crippen LogP contribution in [0.5, 0.6) is 5.88 Å². The van der Waals surface area contributed by atoms with E-state index in [9.17, 15) is 14.3 Å². The highest BCUT2D eigenvalue weighted by atomic mass is 35.5. The van der Waals surface area contributed by atoms with Crippen LogP contribution >= 0.6 is 11.6 Å². The number of ether oxygens (including phenoxy) is 2. The molecule has 1 saturated heterocycles. The molecule has 0 unspecified atom stereocenters. The van der Waals surface area contributed by atoms with E-state index in [2.05, 4.69) is 29.6 Å². The topological polar surface area (TPSA) is 89.7 Å². The molecular weight excluding hydrogens is 467 g/mol. The number of alkyl halides is 1. The molecule has 184 valence electrons. The summed E-state index contributed by atoms with van der Waals surface area (Å²) in [6.45, 7) is 12.2. The normalized spacial score (nSPS) is 19.8. The predicted molar refractivity (Wildman–Crippen MR) is 129 cm³/mol. The van der Waals surface area contributed by atoms with Crippen molar-refractivity contribution in [3.63, 3.8) is 0 Å². The summed E-state index contributed by atoms with van der Waals surface area (Å²) >= 11 is 6.17. The number of amides is 1. The molecule has 1 amide bonds. The third kappa shape index (κ3) is 6.57. The van der Waals surface area contributed by atoms with Gasteiger partial charge >= 0.3 is 6.09 Å². The van der Waals surface area contributed by atoms with Gasteiger partial charge in [0.05, 0.1) is 12.0 Å². The molecule has 11 heteroatoms. The zero-order valence-electron chi connectivity index (χ0n) is 20.0. The fourth-order valence-corrected chi connectivity index (χ4v) is 4.88. The van der Waals surface area contributed by atoms with Crippen LogP contribution in [0.4, 0.5) is 9.18 Å². The average molecular weight is 501 g/mol. The van der Waals surface area contributed by atoms with Crippen molar-refractivity contribution in [3.8, 4) is 5.88 Å². The molecule has 0 aromatic carbocycles. The average Bonchev–Trinajstić information content (AvgIpc) is 3.11. The van der Waals surface area contributed by atoms with E-state index in [1.807, 2.05) is 30.7 Å². The summed E-state index contributed by atoms with van der Waals surface area (Å²) in [6, 6.07) is 2.92. The van der Waals surface area contributed by atoms with E-state index in [1.54, 1.807) is 0 Å². The lowest BCUT2D eigenvalue weighted by molar-refractivity contribution is -0.00246. The minimum atomic E-state index is -1.17. The number of hydrogen-bond acceptors (Lipinski definition) is 5. The molecule has 0 spiro atoms. The van der Waals surface area contributed by atoms with E-state index in [1.165, 1.54) is 4.90 Å². The molecule has 0 saturated carbocycles. The maximum absolute atomic E-state index is 14.7. The third-order valence-corrected chi connectivity index (χ3v) is 8.04. The number of fused-ring (bicyclic) bond motifs is 1. The molecule has 2 atom stereocenters. The van der Waals surface area contributed by atoms with Crippen LogP contribution in [0, 0.1) is 11.3 Å². The third-order valence-electron chi connectivity index (χ3n) is 6.17. The van der Waals surface area contributed by atoms with Gasteiger partial charge < -0.3 is 24.0 Å². The van der Waals surface area contributed by atoms with Crippen LogP contribution in [0.1, 0.15) is 20.3 Å². The summed E-state index contributed by atoms with van der Waals surface area (Å²) in [5.41, 5.74) is -0.0197. The van der Waals surface area contributed by atoms with Gasteiger partial charge in [-0.3, -0.25) is 0 Å². The van der Waals surface area contributed by atoms with E-state index in [0.717, 1.165) is 6.04 Å². The van der Waals surface area contributed by atoms with E-state index >= 15 is 0 Å². The zero-order chi connectivity index (χ0) is 24.4. The summed E-state index contributed by atoms with van der Waals surface area (Å²) in [7, 11) is -1.17. The van der Waals surface area contributed by atoms with E-state index in [4.69, 9.17) is 21.1 Å². The van der Waals surface area contributed by atoms with Crippen molar-refractivity contribution in [1.29, 1.82) is 0 Å². The van der Waals surface area contributed by atoms with Gasteiger partial charge in [-0.25, -0.2) is 9.18 Å². The van der Waals surface area contributed by atoms with Gasteiger partial charge in [0.15, 0.2) is 5.65 Å². The van der Waals surface area contributed by atoms with Crippen molar-refractivity contribution in [3.05, 3.63) is 17.5 Å². The Morgan fingerprint density at radius 3 is 2.76 bits per heavy atom. The highest BCUT2D eigenvalue weighted by Gasteiger charge is 2.42.